The summed E-state index contributed by atoms with van der Waals surface area (Å²) in [6, 6.07) is 2.39. The van der Waals surface area contributed by atoms with E-state index in [2.05, 4.69) is 18.0 Å². The van der Waals surface area contributed by atoms with Crippen molar-refractivity contribution in [3.05, 3.63) is 23.4 Å². The van der Waals surface area contributed by atoms with Crippen LogP contribution in [0.5, 0.6) is 0 Å². The van der Waals surface area contributed by atoms with E-state index in [-0.39, 0.29) is 6.04 Å². The molecule has 0 aliphatic rings. The Balaban J connectivity index is 2.53. The van der Waals surface area contributed by atoms with Gasteiger partial charge in [0, 0.05) is 12.2 Å². The zero-order valence-electron chi connectivity index (χ0n) is 9.66. The molecular weight excluding hydrogens is 186 g/mol. The fraction of sp³-hybridized carbons (Fsp3) is 0.583. The topological polar surface area (TPSA) is 64.9 Å². The molecule has 1 rings (SSSR count). The quantitative estimate of drug-likeness (QED) is 0.776. The number of nitrogens with zero attached hydrogens (tertiary/aromatic N) is 1. The first-order chi connectivity index (χ1) is 7.13. The Labute approximate surface area is 91.9 Å². The van der Waals surface area contributed by atoms with Crippen molar-refractivity contribution < 1.29 is 0 Å². The van der Waals surface area contributed by atoms with E-state index in [9.17, 15) is 0 Å². The summed E-state index contributed by atoms with van der Waals surface area (Å²) in [5, 5.41) is 0. The minimum Gasteiger partial charge on any atom is -0.383 e. The molecule has 15 heavy (non-hydrogen) atoms. The summed E-state index contributed by atoms with van der Waals surface area (Å²) in [6.45, 7) is 4.18. The predicted octanol–water partition coefficient (Wildman–Crippen LogP) is 2.03. The number of anilines is 1. The Bertz CT molecular complexity index is 310. The van der Waals surface area contributed by atoms with E-state index in [1.165, 1.54) is 0 Å². The Hall–Kier alpha value is -1.09. The lowest BCUT2D eigenvalue weighted by Gasteiger charge is -2.11. The first kappa shape index (κ1) is 12.0. The summed E-state index contributed by atoms with van der Waals surface area (Å²) in [7, 11) is 0. The van der Waals surface area contributed by atoms with Gasteiger partial charge < -0.3 is 11.5 Å². The zero-order chi connectivity index (χ0) is 11.3. The van der Waals surface area contributed by atoms with Gasteiger partial charge in [0.05, 0.1) is 0 Å². The molecule has 3 nitrogen and oxygen atoms in total. The minimum atomic E-state index is 0.287. The summed E-state index contributed by atoms with van der Waals surface area (Å²) in [5.41, 5.74) is 14.0. The smallest absolute Gasteiger partial charge is 0.126 e. The summed E-state index contributed by atoms with van der Waals surface area (Å²) >= 11 is 0. The third kappa shape index (κ3) is 3.88. The van der Waals surface area contributed by atoms with Crippen LogP contribution in [0, 0.1) is 6.92 Å². The molecule has 0 radical (unpaired) electrons. The average molecular weight is 207 g/mol. The summed E-state index contributed by atoms with van der Waals surface area (Å²) in [4.78, 5) is 4.14. The molecule has 84 valence electrons. The number of nitrogens with two attached hydrogens (primary N) is 2. The van der Waals surface area contributed by atoms with E-state index in [0.717, 1.165) is 36.8 Å². The first-order valence-corrected chi connectivity index (χ1v) is 5.60. The van der Waals surface area contributed by atoms with Gasteiger partial charge in [0.15, 0.2) is 0 Å². The number of rotatable bonds is 5. The largest absolute Gasteiger partial charge is 0.383 e. The van der Waals surface area contributed by atoms with Crippen molar-refractivity contribution in [3.8, 4) is 0 Å². The average Bonchev–Trinajstić information content (AvgIpc) is 2.20. The monoisotopic (exact) mass is 207 g/mol. The van der Waals surface area contributed by atoms with Crippen molar-refractivity contribution in [2.75, 3.05) is 5.73 Å². The van der Waals surface area contributed by atoms with Crippen LogP contribution in [0.15, 0.2) is 12.3 Å². The van der Waals surface area contributed by atoms with Crippen molar-refractivity contribution >= 4 is 5.82 Å². The van der Waals surface area contributed by atoms with Gasteiger partial charge in [-0.05, 0) is 37.3 Å². The van der Waals surface area contributed by atoms with E-state index in [1.807, 2.05) is 6.92 Å². The van der Waals surface area contributed by atoms with Gasteiger partial charge in [0.1, 0.15) is 5.82 Å². The van der Waals surface area contributed by atoms with Gasteiger partial charge in [0.2, 0.25) is 0 Å². The van der Waals surface area contributed by atoms with Crippen LogP contribution < -0.4 is 11.5 Å². The lowest BCUT2D eigenvalue weighted by molar-refractivity contribution is 0.561. The molecule has 1 aromatic rings. The highest BCUT2D eigenvalue weighted by atomic mass is 14.8. The standard InChI is InChI=1S/C12H21N3/c1-3-4-11(13)6-5-10-7-9(2)8-15-12(10)14/h7-8,11H,3-6,13H2,1-2H3,(H2,14,15). The molecule has 0 spiro atoms. The van der Waals surface area contributed by atoms with Gasteiger partial charge in [-0.2, -0.15) is 0 Å². The van der Waals surface area contributed by atoms with E-state index >= 15 is 0 Å². The van der Waals surface area contributed by atoms with Crippen molar-refractivity contribution in [1.82, 2.24) is 4.98 Å². The summed E-state index contributed by atoms with van der Waals surface area (Å²) in [5.74, 6) is 0.643. The number of hydrogen-bond donors (Lipinski definition) is 2. The number of nitrogen functional groups attached to an aromatic ring is 1. The summed E-state index contributed by atoms with van der Waals surface area (Å²) < 4.78 is 0. The highest BCUT2D eigenvalue weighted by molar-refractivity contribution is 5.40. The van der Waals surface area contributed by atoms with Crippen molar-refractivity contribution in [1.29, 1.82) is 0 Å². The third-order valence-corrected chi connectivity index (χ3v) is 2.58. The van der Waals surface area contributed by atoms with Crippen molar-refractivity contribution in [2.24, 2.45) is 5.73 Å². The second kappa shape index (κ2) is 5.71. The lowest BCUT2D eigenvalue weighted by atomic mass is 10.0. The van der Waals surface area contributed by atoms with Gasteiger partial charge >= 0.3 is 0 Å². The first-order valence-electron chi connectivity index (χ1n) is 5.60. The maximum Gasteiger partial charge on any atom is 0.126 e. The highest BCUT2D eigenvalue weighted by Crippen LogP contribution is 2.14. The third-order valence-electron chi connectivity index (χ3n) is 2.58. The fourth-order valence-corrected chi connectivity index (χ4v) is 1.70. The van der Waals surface area contributed by atoms with E-state index in [4.69, 9.17) is 11.5 Å². The van der Waals surface area contributed by atoms with Crippen LogP contribution in [0.25, 0.3) is 0 Å². The van der Waals surface area contributed by atoms with Gasteiger partial charge in [0.25, 0.3) is 0 Å². The van der Waals surface area contributed by atoms with Crippen LogP contribution in [0.2, 0.25) is 0 Å². The summed E-state index contributed by atoms with van der Waals surface area (Å²) in [6.07, 6.45) is 5.94. The van der Waals surface area contributed by atoms with Gasteiger partial charge in [-0.15, -0.1) is 0 Å². The van der Waals surface area contributed by atoms with E-state index in [1.54, 1.807) is 6.20 Å². The molecule has 1 aromatic heterocycles. The Kier molecular flexibility index (Phi) is 4.56. The zero-order valence-corrected chi connectivity index (χ0v) is 9.66. The van der Waals surface area contributed by atoms with Crippen LogP contribution in [-0.4, -0.2) is 11.0 Å². The molecule has 0 aromatic carbocycles. The normalized spacial score (nSPS) is 12.7. The molecule has 0 saturated heterocycles. The van der Waals surface area contributed by atoms with E-state index in [0.29, 0.717) is 5.82 Å². The molecule has 0 saturated carbocycles. The minimum absolute atomic E-state index is 0.287. The van der Waals surface area contributed by atoms with Crippen LogP contribution in [-0.2, 0) is 6.42 Å². The molecule has 1 atom stereocenters. The number of hydrogen-bond acceptors (Lipinski definition) is 3. The molecule has 0 aliphatic carbocycles. The molecule has 0 amide bonds. The Morgan fingerprint density at radius 1 is 1.40 bits per heavy atom. The van der Waals surface area contributed by atoms with Crippen LogP contribution in [0.4, 0.5) is 5.82 Å². The highest BCUT2D eigenvalue weighted by Gasteiger charge is 2.05. The molecule has 0 fully saturated rings. The molecule has 0 bridgehead atoms. The van der Waals surface area contributed by atoms with E-state index < -0.39 is 0 Å². The number of pyridine rings is 1. The molecular formula is C12H21N3. The van der Waals surface area contributed by atoms with Gasteiger partial charge in [-0.25, -0.2) is 4.98 Å². The maximum absolute atomic E-state index is 5.96. The predicted molar refractivity (Wildman–Crippen MR) is 64.6 cm³/mol. The van der Waals surface area contributed by atoms with Crippen molar-refractivity contribution in [2.45, 2.75) is 45.6 Å². The molecule has 0 aliphatic heterocycles. The van der Waals surface area contributed by atoms with Crippen LogP contribution in [0.1, 0.15) is 37.3 Å². The van der Waals surface area contributed by atoms with Gasteiger partial charge in [-0.3, -0.25) is 0 Å². The molecule has 1 heterocycles. The second-order valence-electron chi connectivity index (χ2n) is 4.14. The number of aryl methyl sites for hydroxylation is 2. The SMILES string of the molecule is CCCC(N)CCc1cc(C)cnc1N. The Morgan fingerprint density at radius 3 is 2.80 bits per heavy atom. The van der Waals surface area contributed by atoms with Crippen molar-refractivity contribution in [3.63, 3.8) is 0 Å². The lowest BCUT2D eigenvalue weighted by Crippen LogP contribution is -2.20. The molecule has 4 N–H and O–H groups in total. The number of aromatic nitrogens is 1. The van der Waals surface area contributed by atoms with Crippen LogP contribution >= 0.6 is 0 Å². The molecule has 3 heteroatoms. The fourth-order valence-electron chi connectivity index (χ4n) is 1.70. The maximum atomic E-state index is 5.96. The Morgan fingerprint density at radius 2 is 2.13 bits per heavy atom. The van der Waals surface area contributed by atoms with Crippen LogP contribution in [0.3, 0.4) is 0 Å². The molecule has 1 unspecified atom stereocenters. The second-order valence-corrected chi connectivity index (χ2v) is 4.14. The van der Waals surface area contributed by atoms with Gasteiger partial charge in [-0.1, -0.05) is 19.4 Å².